The topological polar surface area (TPSA) is 59.8 Å². The number of carbonyl (C=O) groups is 1. The third-order valence-electron chi connectivity index (χ3n) is 7.53. The van der Waals surface area contributed by atoms with Gasteiger partial charge in [0.15, 0.2) is 0 Å². The number of carbonyl (C=O) groups excluding carboxylic acids is 1. The van der Waals surface area contributed by atoms with Crippen molar-refractivity contribution in [3.63, 3.8) is 0 Å². The molecule has 3 aromatic rings. The van der Waals surface area contributed by atoms with Crippen LogP contribution in [0.3, 0.4) is 0 Å². The second-order valence-electron chi connectivity index (χ2n) is 10.7. The van der Waals surface area contributed by atoms with E-state index in [1.807, 2.05) is 47.4 Å². The maximum Gasteiger partial charge on any atom is 0.252 e. The first kappa shape index (κ1) is 29.9. The normalized spacial score (nSPS) is 11.3. The SMILES string of the molecule is CCCCCCCCCCCCCCCCCCNC(=O)c1cc(-c2cnn(CC)c2)nc2ccccc12. The molecule has 1 aromatic carbocycles. The van der Waals surface area contributed by atoms with E-state index in [9.17, 15) is 4.79 Å². The van der Waals surface area contributed by atoms with Crippen LogP contribution in [0.15, 0.2) is 42.7 Å². The number of aromatic nitrogens is 3. The van der Waals surface area contributed by atoms with Crippen LogP contribution < -0.4 is 5.32 Å². The Labute approximate surface area is 230 Å². The molecule has 1 N–H and O–H groups in total. The molecule has 0 aliphatic rings. The largest absolute Gasteiger partial charge is 0.352 e. The summed E-state index contributed by atoms with van der Waals surface area (Å²) in [5.74, 6) is -0.0197. The van der Waals surface area contributed by atoms with Crippen molar-refractivity contribution in [2.45, 2.75) is 123 Å². The van der Waals surface area contributed by atoms with E-state index in [1.165, 1.54) is 96.3 Å². The van der Waals surface area contributed by atoms with Gasteiger partial charge in [-0.2, -0.15) is 5.10 Å². The molecule has 2 aromatic heterocycles. The van der Waals surface area contributed by atoms with Crippen LogP contribution in [0.4, 0.5) is 0 Å². The van der Waals surface area contributed by atoms with Gasteiger partial charge in [0.25, 0.3) is 5.91 Å². The van der Waals surface area contributed by atoms with Gasteiger partial charge < -0.3 is 5.32 Å². The number of benzene rings is 1. The van der Waals surface area contributed by atoms with Crippen molar-refractivity contribution < 1.29 is 4.79 Å². The lowest BCUT2D eigenvalue weighted by Gasteiger charge is -2.10. The zero-order valence-corrected chi connectivity index (χ0v) is 24.0. The summed E-state index contributed by atoms with van der Waals surface area (Å²) in [6, 6.07) is 9.78. The highest BCUT2D eigenvalue weighted by Crippen LogP contribution is 2.25. The van der Waals surface area contributed by atoms with Crippen molar-refractivity contribution in [2.24, 2.45) is 0 Å². The van der Waals surface area contributed by atoms with Gasteiger partial charge in [-0.1, -0.05) is 121 Å². The van der Waals surface area contributed by atoms with E-state index < -0.39 is 0 Å². The maximum atomic E-state index is 13.1. The van der Waals surface area contributed by atoms with Crippen molar-refractivity contribution in [2.75, 3.05) is 6.54 Å². The quantitative estimate of drug-likeness (QED) is 0.152. The Bertz CT molecular complexity index is 1070. The van der Waals surface area contributed by atoms with Gasteiger partial charge in [-0.15, -0.1) is 0 Å². The second-order valence-corrected chi connectivity index (χ2v) is 10.7. The van der Waals surface area contributed by atoms with E-state index in [1.54, 1.807) is 0 Å². The highest BCUT2D eigenvalue weighted by Gasteiger charge is 2.14. The van der Waals surface area contributed by atoms with Gasteiger partial charge in [0, 0.05) is 30.2 Å². The Morgan fingerprint density at radius 2 is 1.37 bits per heavy atom. The summed E-state index contributed by atoms with van der Waals surface area (Å²) >= 11 is 0. The molecule has 0 radical (unpaired) electrons. The molecule has 0 aliphatic carbocycles. The van der Waals surface area contributed by atoms with Gasteiger partial charge in [0.05, 0.1) is 23.0 Å². The number of nitrogens with one attached hydrogen (secondary N) is 1. The first-order valence-corrected chi connectivity index (χ1v) is 15.4. The Hall–Kier alpha value is -2.69. The lowest BCUT2D eigenvalue weighted by atomic mass is 10.0. The molecular weight excluding hydrogens is 468 g/mol. The Morgan fingerprint density at radius 1 is 0.789 bits per heavy atom. The van der Waals surface area contributed by atoms with Crippen molar-refractivity contribution in [1.29, 1.82) is 0 Å². The summed E-state index contributed by atoms with van der Waals surface area (Å²) in [5, 5.41) is 8.41. The predicted octanol–water partition coefficient (Wildman–Crippen LogP) is 9.11. The van der Waals surface area contributed by atoms with Crippen LogP contribution in [0.5, 0.6) is 0 Å². The molecule has 208 valence electrons. The minimum Gasteiger partial charge on any atom is -0.352 e. The molecular formula is C33H50N4O. The standard InChI is InChI=1S/C33H50N4O/c1-3-5-6-7-8-9-10-11-12-13-14-15-16-17-18-21-24-34-33(38)30-25-32(28-26-35-37(4-2)27-28)36-31-23-20-19-22-29(30)31/h19-20,22-23,25-27H,3-18,21,24H2,1-2H3,(H,34,38). The van der Waals surface area contributed by atoms with E-state index in [4.69, 9.17) is 4.98 Å². The number of aryl methyl sites for hydroxylation is 1. The molecule has 0 atom stereocenters. The fourth-order valence-electron chi connectivity index (χ4n) is 5.15. The summed E-state index contributed by atoms with van der Waals surface area (Å²) in [4.78, 5) is 17.9. The maximum absolute atomic E-state index is 13.1. The molecule has 0 aliphatic heterocycles. The van der Waals surface area contributed by atoms with Crippen LogP contribution in [-0.2, 0) is 6.54 Å². The molecule has 0 unspecified atom stereocenters. The van der Waals surface area contributed by atoms with Crippen molar-refractivity contribution in [3.8, 4) is 11.3 Å². The van der Waals surface area contributed by atoms with Gasteiger partial charge in [-0.05, 0) is 25.5 Å². The summed E-state index contributed by atoms with van der Waals surface area (Å²) in [7, 11) is 0. The van der Waals surface area contributed by atoms with Crippen LogP contribution in [0.2, 0.25) is 0 Å². The molecule has 0 spiro atoms. The molecule has 0 saturated heterocycles. The summed E-state index contributed by atoms with van der Waals surface area (Å²) in [6.07, 6.45) is 25.5. The van der Waals surface area contributed by atoms with Gasteiger partial charge in [0.2, 0.25) is 0 Å². The number of unbranched alkanes of at least 4 members (excludes halogenated alkanes) is 15. The number of rotatable bonds is 20. The molecule has 0 saturated carbocycles. The molecule has 38 heavy (non-hydrogen) atoms. The highest BCUT2D eigenvalue weighted by molar-refractivity contribution is 6.07. The Balaban J connectivity index is 1.29. The number of amides is 1. The second kappa shape index (κ2) is 17.8. The Morgan fingerprint density at radius 3 is 1.95 bits per heavy atom. The van der Waals surface area contributed by atoms with Gasteiger partial charge in [-0.3, -0.25) is 9.48 Å². The van der Waals surface area contributed by atoms with Gasteiger partial charge in [-0.25, -0.2) is 4.98 Å². The van der Waals surface area contributed by atoms with Crippen molar-refractivity contribution in [3.05, 3.63) is 48.3 Å². The number of para-hydroxylation sites is 1. The number of hydrogen-bond donors (Lipinski definition) is 1. The zero-order chi connectivity index (χ0) is 26.8. The van der Waals surface area contributed by atoms with E-state index in [-0.39, 0.29) is 5.91 Å². The fraction of sp³-hybridized carbons (Fsp3) is 0.606. The average Bonchev–Trinajstić information content (AvgIpc) is 3.43. The number of fused-ring (bicyclic) bond motifs is 1. The number of hydrogen-bond acceptors (Lipinski definition) is 3. The third-order valence-corrected chi connectivity index (χ3v) is 7.53. The molecule has 2 heterocycles. The van der Waals surface area contributed by atoms with Crippen LogP contribution in [-0.4, -0.2) is 27.2 Å². The van der Waals surface area contributed by atoms with Gasteiger partial charge in [0.1, 0.15) is 0 Å². The molecule has 3 rings (SSSR count). The monoisotopic (exact) mass is 518 g/mol. The number of nitrogens with zero attached hydrogens (tertiary/aromatic N) is 3. The summed E-state index contributed by atoms with van der Waals surface area (Å²) < 4.78 is 1.88. The first-order chi connectivity index (χ1) is 18.7. The van der Waals surface area contributed by atoms with Crippen LogP contribution in [0, 0.1) is 0 Å². The zero-order valence-electron chi connectivity index (χ0n) is 24.0. The van der Waals surface area contributed by atoms with Crippen molar-refractivity contribution in [1.82, 2.24) is 20.1 Å². The minimum absolute atomic E-state index is 0.0197. The predicted molar refractivity (Wildman–Crippen MR) is 161 cm³/mol. The van der Waals surface area contributed by atoms with Gasteiger partial charge >= 0.3 is 0 Å². The molecule has 5 heteroatoms. The fourth-order valence-corrected chi connectivity index (χ4v) is 5.15. The van der Waals surface area contributed by atoms with Crippen LogP contribution in [0.25, 0.3) is 22.2 Å². The van der Waals surface area contributed by atoms with Crippen LogP contribution in [0.1, 0.15) is 127 Å². The van der Waals surface area contributed by atoms with Crippen molar-refractivity contribution >= 4 is 16.8 Å². The smallest absolute Gasteiger partial charge is 0.252 e. The molecule has 0 bridgehead atoms. The first-order valence-electron chi connectivity index (χ1n) is 15.4. The minimum atomic E-state index is -0.0197. The summed E-state index contributed by atoms with van der Waals surface area (Å²) in [6.45, 7) is 5.87. The van der Waals surface area contributed by atoms with E-state index in [0.29, 0.717) is 5.56 Å². The third kappa shape index (κ3) is 10.2. The lowest BCUT2D eigenvalue weighted by Crippen LogP contribution is -2.24. The van der Waals surface area contributed by atoms with Crippen LogP contribution >= 0.6 is 0 Å². The molecule has 5 nitrogen and oxygen atoms in total. The summed E-state index contributed by atoms with van der Waals surface area (Å²) in [5.41, 5.74) is 3.24. The van der Waals surface area contributed by atoms with E-state index in [2.05, 4.69) is 24.3 Å². The average molecular weight is 519 g/mol. The lowest BCUT2D eigenvalue weighted by molar-refractivity contribution is 0.0954. The van der Waals surface area contributed by atoms with E-state index >= 15 is 0 Å². The molecule has 0 fully saturated rings. The number of pyridine rings is 1. The Kier molecular flexibility index (Phi) is 13.9. The molecule has 1 amide bonds. The van der Waals surface area contributed by atoms with E-state index in [0.717, 1.165) is 41.7 Å². The highest BCUT2D eigenvalue weighted by atomic mass is 16.1.